The van der Waals surface area contributed by atoms with Gasteiger partial charge in [-0.1, -0.05) is 11.6 Å². The summed E-state index contributed by atoms with van der Waals surface area (Å²) in [6.45, 7) is 2.55. The third-order valence-electron chi connectivity index (χ3n) is 2.82. The molecule has 0 heterocycles. The molecular formula is C14H21NO3. The van der Waals surface area contributed by atoms with E-state index in [0.29, 0.717) is 24.3 Å². The van der Waals surface area contributed by atoms with Crippen molar-refractivity contribution >= 4 is 5.78 Å². The van der Waals surface area contributed by atoms with Crippen molar-refractivity contribution in [3.05, 3.63) is 29.3 Å². The van der Waals surface area contributed by atoms with Crippen molar-refractivity contribution in [2.45, 2.75) is 25.8 Å². The Bertz CT molecular complexity index is 404. The van der Waals surface area contributed by atoms with E-state index in [1.54, 1.807) is 20.3 Å². The summed E-state index contributed by atoms with van der Waals surface area (Å²) >= 11 is 0. The third kappa shape index (κ3) is 3.82. The highest BCUT2D eigenvalue weighted by Crippen LogP contribution is 2.21. The Balaban J connectivity index is 2.79. The van der Waals surface area contributed by atoms with Gasteiger partial charge in [0.1, 0.15) is 5.75 Å². The first-order valence-corrected chi connectivity index (χ1v) is 6.03. The minimum Gasteiger partial charge on any atom is -0.496 e. The highest BCUT2D eigenvalue weighted by Gasteiger charge is 2.19. The summed E-state index contributed by atoms with van der Waals surface area (Å²) in [6, 6.07) is 5.02. The number of carbonyl (C=O) groups excluding carboxylic acids is 1. The highest BCUT2D eigenvalue weighted by molar-refractivity contribution is 6.02. The van der Waals surface area contributed by atoms with E-state index >= 15 is 0 Å². The van der Waals surface area contributed by atoms with Crippen LogP contribution in [0.1, 0.15) is 28.8 Å². The monoisotopic (exact) mass is 251 g/mol. The molecule has 0 saturated carbocycles. The van der Waals surface area contributed by atoms with Crippen LogP contribution in [0.3, 0.4) is 0 Å². The molecule has 1 atom stereocenters. The number of rotatable bonds is 7. The zero-order valence-corrected chi connectivity index (χ0v) is 11.2. The van der Waals surface area contributed by atoms with E-state index in [2.05, 4.69) is 0 Å². The van der Waals surface area contributed by atoms with Crippen LogP contribution in [0.4, 0.5) is 0 Å². The minimum atomic E-state index is -0.504. The third-order valence-corrected chi connectivity index (χ3v) is 2.82. The van der Waals surface area contributed by atoms with Crippen LogP contribution in [-0.2, 0) is 4.74 Å². The van der Waals surface area contributed by atoms with Crippen LogP contribution < -0.4 is 10.5 Å². The Kier molecular flexibility index (Phi) is 5.82. The van der Waals surface area contributed by atoms with Crippen LogP contribution in [0.25, 0.3) is 0 Å². The molecule has 0 aliphatic heterocycles. The molecule has 1 rings (SSSR count). The number of carbonyl (C=O) groups is 1. The Morgan fingerprint density at radius 3 is 2.72 bits per heavy atom. The van der Waals surface area contributed by atoms with Gasteiger partial charge in [-0.05, 0) is 31.9 Å². The lowest BCUT2D eigenvalue weighted by molar-refractivity contribution is 0.0947. The maximum Gasteiger partial charge on any atom is 0.183 e. The predicted octanol–water partition coefficient (Wildman–Crippen LogP) is 1.94. The fourth-order valence-corrected chi connectivity index (χ4v) is 1.79. The Morgan fingerprint density at radius 1 is 1.39 bits per heavy atom. The average molecular weight is 251 g/mol. The normalized spacial score (nSPS) is 12.2. The molecule has 0 radical (unpaired) electrons. The average Bonchev–Trinajstić information content (AvgIpc) is 2.38. The summed E-state index contributed by atoms with van der Waals surface area (Å²) in [5, 5.41) is 0. The van der Waals surface area contributed by atoms with Gasteiger partial charge in [0.05, 0.1) is 18.7 Å². The summed E-state index contributed by atoms with van der Waals surface area (Å²) in [6.07, 6.45) is 1.39. The van der Waals surface area contributed by atoms with Gasteiger partial charge in [0.2, 0.25) is 0 Å². The van der Waals surface area contributed by atoms with Gasteiger partial charge in [0, 0.05) is 13.7 Å². The number of ketones is 1. The van der Waals surface area contributed by atoms with E-state index in [1.165, 1.54) is 0 Å². The van der Waals surface area contributed by atoms with E-state index in [-0.39, 0.29) is 5.78 Å². The number of ether oxygens (including phenoxy) is 2. The molecule has 0 saturated heterocycles. The summed E-state index contributed by atoms with van der Waals surface area (Å²) in [5.41, 5.74) is 7.48. The van der Waals surface area contributed by atoms with Crippen molar-refractivity contribution in [3.63, 3.8) is 0 Å². The molecule has 1 aromatic rings. The van der Waals surface area contributed by atoms with Gasteiger partial charge in [-0.15, -0.1) is 0 Å². The Hall–Kier alpha value is -1.39. The largest absolute Gasteiger partial charge is 0.496 e. The topological polar surface area (TPSA) is 61.5 Å². The number of aryl methyl sites for hydroxylation is 1. The Morgan fingerprint density at radius 2 is 2.11 bits per heavy atom. The van der Waals surface area contributed by atoms with Crippen LogP contribution in [0.2, 0.25) is 0 Å². The van der Waals surface area contributed by atoms with Crippen LogP contribution in [-0.4, -0.2) is 32.7 Å². The summed E-state index contributed by atoms with van der Waals surface area (Å²) in [7, 11) is 3.19. The molecule has 0 spiro atoms. The molecule has 0 aliphatic carbocycles. The van der Waals surface area contributed by atoms with E-state index in [4.69, 9.17) is 15.2 Å². The summed E-state index contributed by atoms with van der Waals surface area (Å²) in [5.74, 6) is 0.499. The fourth-order valence-electron chi connectivity index (χ4n) is 1.79. The van der Waals surface area contributed by atoms with Crippen molar-refractivity contribution in [1.29, 1.82) is 0 Å². The number of Topliss-reactive ketones (excluding diaryl/α,β-unsaturated/α-hetero) is 1. The van der Waals surface area contributed by atoms with Gasteiger partial charge in [-0.3, -0.25) is 4.79 Å². The van der Waals surface area contributed by atoms with Crippen molar-refractivity contribution in [2.24, 2.45) is 5.73 Å². The molecule has 1 aromatic carbocycles. The molecule has 0 aliphatic rings. The molecule has 0 fully saturated rings. The lowest BCUT2D eigenvalue weighted by Crippen LogP contribution is -2.31. The second kappa shape index (κ2) is 7.13. The number of nitrogens with two attached hydrogens (primary N) is 1. The molecule has 2 N–H and O–H groups in total. The van der Waals surface area contributed by atoms with E-state index in [9.17, 15) is 4.79 Å². The standard InChI is InChI=1S/C14H21NO3/c1-10-6-7-13(18-3)11(9-10)14(16)12(15)5-4-8-17-2/h6-7,9,12H,4-5,8,15H2,1-3H3. The second-order valence-electron chi connectivity index (χ2n) is 4.31. The molecule has 100 valence electrons. The van der Waals surface area contributed by atoms with E-state index in [1.807, 2.05) is 19.1 Å². The number of methoxy groups -OCH3 is 2. The second-order valence-corrected chi connectivity index (χ2v) is 4.31. The number of hydrogen-bond donors (Lipinski definition) is 1. The van der Waals surface area contributed by atoms with Gasteiger partial charge in [-0.25, -0.2) is 0 Å². The zero-order valence-electron chi connectivity index (χ0n) is 11.2. The lowest BCUT2D eigenvalue weighted by Gasteiger charge is -2.13. The first-order chi connectivity index (χ1) is 8.60. The molecule has 1 unspecified atom stereocenters. The Labute approximate surface area is 108 Å². The van der Waals surface area contributed by atoms with Crippen molar-refractivity contribution in [3.8, 4) is 5.75 Å². The van der Waals surface area contributed by atoms with Gasteiger partial charge < -0.3 is 15.2 Å². The zero-order chi connectivity index (χ0) is 13.5. The molecule has 18 heavy (non-hydrogen) atoms. The van der Waals surface area contributed by atoms with Crippen molar-refractivity contribution < 1.29 is 14.3 Å². The van der Waals surface area contributed by atoms with Crippen LogP contribution in [0.5, 0.6) is 5.75 Å². The van der Waals surface area contributed by atoms with Gasteiger partial charge in [0.15, 0.2) is 5.78 Å². The maximum absolute atomic E-state index is 12.2. The molecular weight excluding hydrogens is 230 g/mol. The SMILES string of the molecule is COCCCC(N)C(=O)c1cc(C)ccc1OC. The summed E-state index contributed by atoms with van der Waals surface area (Å²) < 4.78 is 10.1. The number of benzene rings is 1. The van der Waals surface area contributed by atoms with E-state index in [0.717, 1.165) is 12.0 Å². The molecule has 0 bridgehead atoms. The molecule has 4 nitrogen and oxygen atoms in total. The van der Waals surface area contributed by atoms with Crippen molar-refractivity contribution in [2.75, 3.05) is 20.8 Å². The van der Waals surface area contributed by atoms with Crippen LogP contribution >= 0.6 is 0 Å². The fraction of sp³-hybridized carbons (Fsp3) is 0.500. The smallest absolute Gasteiger partial charge is 0.183 e. The quantitative estimate of drug-likeness (QED) is 0.594. The van der Waals surface area contributed by atoms with Gasteiger partial charge in [-0.2, -0.15) is 0 Å². The highest BCUT2D eigenvalue weighted by atomic mass is 16.5. The van der Waals surface area contributed by atoms with E-state index < -0.39 is 6.04 Å². The van der Waals surface area contributed by atoms with Gasteiger partial charge >= 0.3 is 0 Å². The van der Waals surface area contributed by atoms with Crippen molar-refractivity contribution in [1.82, 2.24) is 0 Å². The van der Waals surface area contributed by atoms with Gasteiger partial charge in [0.25, 0.3) is 0 Å². The summed E-state index contributed by atoms with van der Waals surface area (Å²) in [4.78, 5) is 12.2. The molecule has 0 aromatic heterocycles. The van der Waals surface area contributed by atoms with Crippen LogP contribution in [0, 0.1) is 6.92 Å². The molecule has 4 heteroatoms. The predicted molar refractivity (Wildman–Crippen MR) is 71.1 cm³/mol. The molecule has 0 amide bonds. The first-order valence-electron chi connectivity index (χ1n) is 6.03. The first kappa shape index (κ1) is 14.7. The minimum absolute atomic E-state index is 0.0772. The number of hydrogen-bond acceptors (Lipinski definition) is 4. The lowest BCUT2D eigenvalue weighted by atomic mass is 9.99. The van der Waals surface area contributed by atoms with Crippen LogP contribution in [0.15, 0.2) is 18.2 Å². The maximum atomic E-state index is 12.2.